The molecular weight excluding hydrogens is 358 g/mol. The van der Waals surface area contributed by atoms with Crippen LogP contribution in [0.25, 0.3) is 0 Å². The SMILES string of the molecule is COc1ccc(S(=O)(=O)NOCc2ccccc2)cc1Br. The van der Waals surface area contributed by atoms with Gasteiger partial charge in [0.25, 0.3) is 10.0 Å². The molecule has 0 radical (unpaired) electrons. The highest BCUT2D eigenvalue weighted by Gasteiger charge is 2.16. The molecule has 1 N–H and O–H groups in total. The number of benzene rings is 2. The van der Waals surface area contributed by atoms with E-state index in [9.17, 15) is 8.42 Å². The Morgan fingerprint density at radius 3 is 2.48 bits per heavy atom. The molecule has 2 aromatic carbocycles. The molecule has 5 nitrogen and oxygen atoms in total. The van der Waals surface area contributed by atoms with E-state index in [-0.39, 0.29) is 11.5 Å². The number of sulfonamides is 1. The van der Waals surface area contributed by atoms with Crippen molar-refractivity contribution in [1.82, 2.24) is 4.89 Å². The molecule has 0 spiro atoms. The van der Waals surface area contributed by atoms with Crippen LogP contribution in [-0.2, 0) is 21.5 Å². The molecule has 2 aromatic rings. The average Bonchev–Trinajstić information content (AvgIpc) is 2.48. The molecule has 112 valence electrons. The lowest BCUT2D eigenvalue weighted by Crippen LogP contribution is -2.24. The lowest BCUT2D eigenvalue weighted by atomic mass is 10.2. The van der Waals surface area contributed by atoms with Gasteiger partial charge in [0, 0.05) is 0 Å². The maximum absolute atomic E-state index is 12.1. The predicted molar refractivity (Wildman–Crippen MR) is 82.2 cm³/mol. The number of halogens is 1. The van der Waals surface area contributed by atoms with Crippen molar-refractivity contribution in [3.8, 4) is 5.75 Å². The molecule has 0 atom stereocenters. The van der Waals surface area contributed by atoms with Gasteiger partial charge in [-0.15, -0.1) is 0 Å². The van der Waals surface area contributed by atoms with E-state index in [4.69, 9.17) is 9.57 Å². The van der Waals surface area contributed by atoms with Gasteiger partial charge in [0.05, 0.1) is 23.1 Å². The van der Waals surface area contributed by atoms with Gasteiger partial charge >= 0.3 is 0 Å². The minimum absolute atomic E-state index is 0.0863. The summed E-state index contributed by atoms with van der Waals surface area (Å²) in [4.78, 5) is 7.24. The van der Waals surface area contributed by atoms with Crippen LogP contribution in [0.1, 0.15) is 5.56 Å². The Labute approximate surface area is 132 Å². The van der Waals surface area contributed by atoms with Crippen molar-refractivity contribution >= 4 is 26.0 Å². The molecule has 0 aliphatic rings. The molecule has 0 aromatic heterocycles. The van der Waals surface area contributed by atoms with Gasteiger partial charge in [-0.3, -0.25) is 4.84 Å². The minimum Gasteiger partial charge on any atom is -0.496 e. The summed E-state index contributed by atoms with van der Waals surface area (Å²) in [5.74, 6) is 0.555. The first-order valence-electron chi connectivity index (χ1n) is 6.04. The molecule has 21 heavy (non-hydrogen) atoms. The number of methoxy groups -OCH3 is 1. The molecule has 0 heterocycles. The number of hydrogen-bond donors (Lipinski definition) is 1. The highest BCUT2D eigenvalue weighted by molar-refractivity contribution is 9.10. The monoisotopic (exact) mass is 371 g/mol. The van der Waals surface area contributed by atoms with Crippen LogP contribution in [0.5, 0.6) is 5.75 Å². The molecule has 0 fully saturated rings. The number of nitrogens with one attached hydrogen (secondary N) is 1. The maximum atomic E-state index is 12.1. The van der Waals surface area contributed by atoms with E-state index >= 15 is 0 Å². The van der Waals surface area contributed by atoms with Crippen LogP contribution < -0.4 is 9.62 Å². The molecular formula is C14H14BrNO4S. The van der Waals surface area contributed by atoms with Crippen molar-refractivity contribution in [2.75, 3.05) is 7.11 Å². The van der Waals surface area contributed by atoms with E-state index in [1.54, 1.807) is 6.07 Å². The topological polar surface area (TPSA) is 64.6 Å². The smallest absolute Gasteiger partial charge is 0.262 e. The van der Waals surface area contributed by atoms with Crippen molar-refractivity contribution in [1.29, 1.82) is 0 Å². The van der Waals surface area contributed by atoms with Gasteiger partial charge in [0.2, 0.25) is 0 Å². The summed E-state index contributed by atoms with van der Waals surface area (Å²) in [5.41, 5.74) is 0.871. The van der Waals surface area contributed by atoms with Gasteiger partial charge in [-0.2, -0.15) is 0 Å². The molecule has 0 aliphatic carbocycles. The zero-order valence-corrected chi connectivity index (χ0v) is 13.6. The van der Waals surface area contributed by atoms with Crippen LogP contribution >= 0.6 is 15.9 Å². The standard InChI is InChI=1S/C14H14BrNO4S/c1-19-14-8-7-12(9-13(14)15)21(17,18)16-20-10-11-5-3-2-4-6-11/h2-9,16H,10H2,1H3. The molecule has 0 saturated heterocycles. The Kier molecular flexibility index (Phi) is 5.35. The molecule has 0 amide bonds. The fourth-order valence-corrected chi connectivity index (χ4v) is 3.15. The summed E-state index contributed by atoms with van der Waals surface area (Å²) in [6, 6.07) is 13.7. The summed E-state index contributed by atoms with van der Waals surface area (Å²) in [6.07, 6.45) is 0. The quantitative estimate of drug-likeness (QED) is 0.792. The Balaban J connectivity index is 2.03. The Morgan fingerprint density at radius 1 is 1.14 bits per heavy atom. The third-order valence-corrected chi connectivity index (χ3v) is 4.52. The predicted octanol–water partition coefficient (Wildman–Crippen LogP) is 2.87. The third kappa shape index (κ3) is 4.28. The number of rotatable bonds is 6. The van der Waals surface area contributed by atoms with Crippen molar-refractivity contribution in [2.24, 2.45) is 0 Å². The van der Waals surface area contributed by atoms with Crippen LogP contribution in [0.3, 0.4) is 0 Å². The first-order valence-corrected chi connectivity index (χ1v) is 8.31. The lowest BCUT2D eigenvalue weighted by Gasteiger charge is -2.09. The summed E-state index contributed by atoms with van der Waals surface area (Å²) in [5, 5.41) is 0. The average molecular weight is 372 g/mol. The van der Waals surface area contributed by atoms with Gasteiger partial charge in [-0.1, -0.05) is 35.2 Å². The van der Waals surface area contributed by atoms with Crippen LogP contribution in [-0.4, -0.2) is 15.5 Å². The first-order chi connectivity index (χ1) is 10.0. The van der Waals surface area contributed by atoms with Crippen molar-refractivity contribution < 1.29 is 18.0 Å². The van der Waals surface area contributed by atoms with E-state index in [1.165, 1.54) is 19.2 Å². The molecule has 0 aliphatic heterocycles. The second-order valence-corrected chi connectivity index (χ2v) is 6.66. The highest BCUT2D eigenvalue weighted by Crippen LogP contribution is 2.27. The van der Waals surface area contributed by atoms with E-state index in [0.717, 1.165) is 5.56 Å². The van der Waals surface area contributed by atoms with E-state index in [0.29, 0.717) is 10.2 Å². The zero-order valence-electron chi connectivity index (χ0n) is 11.2. The fraction of sp³-hybridized carbons (Fsp3) is 0.143. The maximum Gasteiger partial charge on any atom is 0.262 e. The molecule has 2 rings (SSSR count). The summed E-state index contributed by atoms with van der Waals surface area (Å²) in [6.45, 7) is 0.150. The lowest BCUT2D eigenvalue weighted by molar-refractivity contribution is 0.0795. The summed E-state index contributed by atoms with van der Waals surface area (Å²) >= 11 is 3.25. The number of ether oxygens (including phenoxy) is 1. The highest BCUT2D eigenvalue weighted by atomic mass is 79.9. The summed E-state index contributed by atoms with van der Waals surface area (Å²) in [7, 11) is -2.23. The second-order valence-electron chi connectivity index (χ2n) is 4.16. The van der Waals surface area contributed by atoms with Gasteiger partial charge in [0.15, 0.2) is 0 Å². The van der Waals surface area contributed by atoms with Crippen LogP contribution in [0, 0.1) is 0 Å². The third-order valence-electron chi connectivity index (χ3n) is 2.68. The largest absolute Gasteiger partial charge is 0.496 e. The van der Waals surface area contributed by atoms with Gasteiger partial charge in [-0.05, 0) is 39.7 Å². The molecule has 0 saturated carbocycles. The Hall–Kier alpha value is -1.41. The van der Waals surface area contributed by atoms with Gasteiger partial charge in [0.1, 0.15) is 5.75 Å². The normalized spacial score (nSPS) is 11.3. The number of hydrogen-bond acceptors (Lipinski definition) is 4. The fourth-order valence-electron chi connectivity index (χ4n) is 1.63. The van der Waals surface area contributed by atoms with Crippen LogP contribution in [0.15, 0.2) is 57.9 Å². The summed E-state index contributed by atoms with van der Waals surface area (Å²) < 4.78 is 29.8. The van der Waals surface area contributed by atoms with Crippen molar-refractivity contribution in [3.63, 3.8) is 0 Å². The van der Waals surface area contributed by atoms with Gasteiger partial charge in [-0.25, -0.2) is 8.42 Å². The molecule has 0 bridgehead atoms. The van der Waals surface area contributed by atoms with Crippen molar-refractivity contribution in [2.45, 2.75) is 11.5 Å². The van der Waals surface area contributed by atoms with Crippen molar-refractivity contribution in [3.05, 3.63) is 58.6 Å². The molecule has 0 unspecified atom stereocenters. The Bertz CT molecular complexity index is 704. The molecule has 7 heteroatoms. The van der Waals surface area contributed by atoms with Crippen LogP contribution in [0.2, 0.25) is 0 Å². The van der Waals surface area contributed by atoms with Crippen LogP contribution in [0.4, 0.5) is 0 Å². The first kappa shape index (κ1) is 16.0. The Morgan fingerprint density at radius 2 is 1.86 bits per heavy atom. The minimum atomic E-state index is -3.74. The van der Waals surface area contributed by atoms with Gasteiger partial charge < -0.3 is 4.74 Å². The van der Waals surface area contributed by atoms with E-state index in [2.05, 4.69) is 20.8 Å². The van der Waals surface area contributed by atoms with E-state index < -0.39 is 10.0 Å². The zero-order chi connectivity index (χ0) is 15.3. The van der Waals surface area contributed by atoms with E-state index in [1.807, 2.05) is 30.3 Å². The second kappa shape index (κ2) is 7.04.